The van der Waals surface area contributed by atoms with Gasteiger partial charge in [0, 0.05) is 31.7 Å². The Hall–Kier alpha value is -1.01. The lowest BCUT2D eigenvalue weighted by atomic mass is 10.00. The molecule has 0 aliphatic carbocycles. The first-order valence-corrected chi connectivity index (χ1v) is 9.15. The van der Waals surface area contributed by atoms with Crippen LogP contribution in [0.4, 0.5) is 4.39 Å². The summed E-state index contributed by atoms with van der Waals surface area (Å²) in [6, 6.07) is 5.55. The number of hydrogen-bond donors (Lipinski definition) is 2. The third kappa shape index (κ3) is 5.74. The Labute approximate surface area is 151 Å². The summed E-state index contributed by atoms with van der Waals surface area (Å²) in [7, 11) is 0. The lowest BCUT2D eigenvalue weighted by molar-refractivity contribution is -0.0839. The Morgan fingerprint density at radius 3 is 2.60 bits per heavy atom. The minimum absolute atomic E-state index is 0.00227. The molecule has 0 aromatic heterocycles. The number of aryl methyl sites for hydroxylation is 1. The van der Waals surface area contributed by atoms with Crippen LogP contribution < -0.4 is 5.32 Å². The average molecular weight is 352 g/mol. The van der Waals surface area contributed by atoms with Gasteiger partial charge in [0.05, 0.1) is 17.8 Å². The molecule has 1 aromatic carbocycles. The molecule has 1 aromatic rings. The van der Waals surface area contributed by atoms with Gasteiger partial charge in [-0.25, -0.2) is 4.39 Å². The molecule has 0 radical (unpaired) electrons. The number of ether oxygens (including phenoxy) is 1. The minimum atomic E-state index is -0.456. The van der Waals surface area contributed by atoms with Gasteiger partial charge in [-0.1, -0.05) is 12.1 Å². The van der Waals surface area contributed by atoms with Crippen molar-refractivity contribution in [2.24, 2.45) is 0 Å². The normalized spacial score (nSPS) is 25.0. The third-order valence-corrected chi connectivity index (χ3v) is 4.77. The summed E-state index contributed by atoms with van der Waals surface area (Å²) in [6.07, 6.45) is -0.408. The Balaban J connectivity index is 2.11. The van der Waals surface area contributed by atoms with Crippen LogP contribution in [0.5, 0.6) is 0 Å². The summed E-state index contributed by atoms with van der Waals surface area (Å²) in [4.78, 5) is 2.23. The van der Waals surface area contributed by atoms with E-state index in [-0.39, 0.29) is 29.6 Å². The molecule has 25 heavy (non-hydrogen) atoms. The molecule has 1 fully saturated rings. The SMILES string of the molecule is Cc1ccc(CN2C[C@H]([C@H](C)OC(C)(C)C)NC[C@H]2[C@H](C)O)cc1F. The zero-order chi connectivity index (χ0) is 18.8. The van der Waals surface area contributed by atoms with Crippen molar-refractivity contribution < 1.29 is 14.2 Å². The maximum absolute atomic E-state index is 13.9. The van der Waals surface area contributed by atoms with E-state index in [1.165, 1.54) is 0 Å². The van der Waals surface area contributed by atoms with Gasteiger partial charge in [0.2, 0.25) is 0 Å². The fraction of sp³-hybridized carbons (Fsp3) is 0.700. The second-order valence-electron chi connectivity index (χ2n) is 8.27. The number of aliphatic hydroxyl groups is 1. The zero-order valence-corrected chi connectivity index (χ0v) is 16.3. The molecule has 0 unspecified atom stereocenters. The predicted octanol–water partition coefficient (Wildman–Crippen LogP) is 2.86. The fourth-order valence-corrected chi connectivity index (χ4v) is 3.43. The van der Waals surface area contributed by atoms with Crippen molar-refractivity contribution in [3.05, 3.63) is 35.1 Å². The van der Waals surface area contributed by atoms with E-state index in [0.29, 0.717) is 18.7 Å². The molecule has 2 rings (SSSR count). The number of aliphatic hydroxyl groups excluding tert-OH is 1. The quantitative estimate of drug-likeness (QED) is 0.855. The molecule has 0 spiro atoms. The standard InChI is InChI=1S/C20H33FN2O2/c1-13-7-8-16(9-17(13)21)11-23-12-18(15(3)25-20(4,5)6)22-10-19(23)14(2)24/h7-9,14-15,18-19,22,24H,10-12H2,1-6H3/t14-,15-,18+,19-/m0/s1. The van der Waals surface area contributed by atoms with Crippen LogP contribution in [-0.4, -0.2) is 53.0 Å². The van der Waals surface area contributed by atoms with Crippen LogP contribution in [0.15, 0.2) is 18.2 Å². The van der Waals surface area contributed by atoms with Gasteiger partial charge in [-0.3, -0.25) is 4.90 Å². The highest BCUT2D eigenvalue weighted by Crippen LogP contribution is 2.21. The minimum Gasteiger partial charge on any atom is -0.392 e. The van der Waals surface area contributed by atoms with Gasteiger partial charge in [-0.15, -0.1) is 0 Å². The molecule has 1 aliphatic heterocycles. The molecule has 0 bridgehead atoms. The van der Waals surface area contributed by atoms with Crippen LogP contribution in [0.1, 0.15) is 45.7 Å². The molecule has 1 saturated heterocycles. The molecule has 0 amide bonds. The van der Waals surface area contributed by atoms with Gasteiger partial charge in [-0.05, 0) is 58.7 Å². The number of nitrogens with one attached hydrogen (secondary N) is 1. The summed E-state index contributed by atoms with van der Waals surface area (Å²) in [5.74, 6) is -0.179. The fourth-order valence-electron chi connectivity index (χ4n) is 3.43. The number of rotatable bonds is 5. The smallest absolute Gasteiger partial charge is 0.126 e. The Bertz CT molecular complexity index is 571. The number of hydrogen-bond acceptors (Lipinski definition) is 4. The highest BCUT2D eigenvalue weighted by molar-refractivity contribution is 5.23. The van der Waals surface area contributed by atoms with Crippen LogP contribution in [0.25, 0.3) is 0 Å². The lowest BCUT2D eigenvalue weighted by Gasteiger charge is -2.44. The van der Waals surface area contributed by atoms with Crippen molar-refractivity contribution in [1.29, 1.82) is 0 Å². The number of benzene rings is 1. The van der Waals surface area contributed by atoms with Crippen LogP contribution in [0, 0.1) is 12.7 Å². The monoisotopic (exact) mass is 352 g/mol. The van der Waals surface area contributed by atoms with Crippen molar-refractivity contribution in [1.82, 2.24) is 10.2 Å². The first kappa shape index (κ1) is 20.3. The summed E-state index contributed by atoms with van der Waals surface area (Å²) in [6.45, 7) is 13.9. The maximum Gasteiger partial charge on any atom is 0.126 e. The van der Waals surface area contributed by atoms with E-state index in [0.717, 1.165) is 12.1 Å². The van der Waals surface area contributed by atoms with Gasteiger partial charge in [-0.2, -0.15) is 0 Å². The molecule has 5 heteroatoms. The van der Waals surface area contributed by atoms with Crippen LogP contribution >= 0.6 is 0 Å². The molecule has 4 nitrogen and oxygen atoms in total. The van der Waals surface area contributed by atoms with Crippen molar-refractivity contribution in [2.75, 3.05) is 13.1 Å². The van der Waals surface area contributed by atoms with Crippen molar-refractivity contribution in [2.45, 2.75) is 78.0 Å². The summed E-state index contributed by atoms with van der Waals surface area (Å²) in [5.41, 5.74) is 1.38. The second-order valence-corrected chi connectivity index (χ2v) is 8.27. The largest absolute Gasteiger partial charge is 0.392 e. The summed E-state index contributed by atoms with van der Waals surface area (Å²) in [5, 5.41) is 13.7. The highest BCUT2D eigenvalue weighted by Gasteiger charge is 2.34. The van der Waals surface area contributed by atoms with E-state index in [1.54, 1.807) is 13.0 Å². The lowest BCUT2D eigenvalue weighted by Crippen LogP contribution is -2.62. The van der Waals surface area contributed by atoms with E-state index in [9.17, 15) is 9.50 Å². The van der Waals surface area contributed by atoms with Gasteiger partial charge in [0.1, 0.15) is 5.82 Å². The van der Waals surface area contributed by atoms with Gasteiger partial charge in [0.25, 0.3) is 0 Å². The zero-order valence-electron chi connectivity index (χ0n) is 16.3. The van der Waals surface area contributed by atoms with E-state index in [1.807, 2.05) is 19.1 Å². The topological polar surface area (TPSA) is 44.7 Å². The van der Waals surface area contributed by atoms with Crippen molar-refractivity contribution >= 4 is 0 Å². The second kappa shape index (κ2) is 8.12. The Morgan fingerprint density at radius 1 is 1.36 bits per heavy atom. The van der Waals surface area contributed by atoms with E-state index < -0.39 is 6.10 Å². The van der Waals surface area contributed by atoms with Crippen molar-refractivity contribution in [3.8, 4) is 0 Å². The molecule has 4 atom stereocenters. The van der Waals surface area contributed by atoms with E-state index >= 15 is 0 Å². The van der Waals surface area contributed by atoms with Crippen molar-refractivity contribution in [3.63, 3.8) is 0 Å². The maximum atomic E-state index is 13.9. The molecule has 142 valence electrons. The average Bonchev–Trinajstić information content (AvgIpc) is 2.49. The first-order valence-electron chi connectivity index (χ1n) is 9.15. The van der Waals surface area contributed by atoms with E-state index in [2.05, 4.69) is 37.9 Å². The molecule has 1 heterocycles. The summed E-state index contributed by atoms with van der Waals surface area (Å²) < 4.78 is 20.0. The summed E-state index contributed by atoms with van der Waals surface area (Å²) >= 11 is 0. The Morgan fingerprint density at radius 2 is 2.04 bits per heavy atom. The number of nitrogens with zero attached hydrogens (tertiary/aromatic N) is 1. The number of halogens is 1. The van der Waals surface area contributed by atoms with E-state index in [4.69, 9.17) is 4.74 Å². The molecule has 0 saturated carbocycles. The molecule has 1 aliphatic rings. The van der Waals surface area contributed by atoms with Gasteiger partial charge >= 0.3 is 0 Å². The van der Waals surface area contributed by atoms with Gasteiger partial charge in [0.15, 0.2) is 0 Å². The van der Waals surface area contributed by atoms with Crippen LogP contribution in [0.3, 0.4) is 0 Å². The predicted molar refractivity (Wildman–Crippen MR) is 99.1 cm³/mol. The van der Waals surface area contributed by atoms with Gasteiger partial charge < -0.3 is 15.2 Å². The molecular formula is C20H33FN2O2. The molecule has 2 N–H and O–H groups in total. The van der Waals surface area contributed by atoms with Crippen LogP contribution in [-0.2, 0) is 11.3 Å². The highest BCUT2D eigenvalue weighted by atomic mass is 19.1. The van der Waals surface area contributed by atoms with Crippen LogP contribution in [0.2, 0.25) is 0 Å². The third-order valence-electron chi connectivity index (χ3n) is 4.77. The Kier molecular flexibility index (Phi) is 6.60. The number of piperazine rings is 1. The molecular weight excluding hydrogens is 319 g/mol. The first-order chi connectivity index (χ1) is 11.6.